The van der Waals surface area contributed by atoms with Crippen LogP contribution in [-0.2, 0) is 13.0 Å². The molecule has 1 amide bonds. The van der Waals surface area contributed by atoms with Gasteiger partial charge in [0.1, 0.15) is 5.75 Å². The van der Waals surface area contributed by atoms with Gasteiger partial charge >= 0.3 is 0 Å². The predicted molar refractivity (Wildman–Crippen MR) is 93.9 cm³/mol. The van der Waals surface area contributed by atoms with Gasteiger partial charge < -0.3 is 15.0 Å². The number of hydrogen-bond donors (Lipinski definition) is 1. The molecule has 0 saturated heterocycles. The zero-order chi connectivity index (χ0) is 17.0. The van der Waals surface area contributed by atoms with Crippen LogP contribution in [-0.4, -0.2) is 17.6 Å². The molecule has 0 aliphatic carbocycles. The van der Waals surface area contributed by atoms with E-state index in [0.717, 1.165) is 41.1 Å². The van der Waals surface area contributed by atoms with Crippen molar-refractivity contribution in [2.75, 3.05) is 7.11 Å². The van der Waals surface area contributed by atoms with E-state index in [-0.39, 0.29) is 0 Å². The van der Waals surface area contributed by atoms with Crippen molar-refractivity contribution in [2.45, 2.75) is 33.2 Å². The van der Waals surface area contributed by atoms with Crippen molar-refractivity contribution >= 4 is 5.91 Å². The number of rotatable bonds is 7. The number of para-hydroxylation sites is 1. The molecule has 0 saturated carbocycles. The maximum absolute atomic E-state index is 12.1. The van der Waals surface area contributed by atoms with Crippen molar-refractivity contribution in [1.29, 1.82) is 0 Å². The smallest absolute Gasteiger partial charge is 0.251 e. The van der Waals surface area contributed by atoms with Gasteiger partial charge in [-0.25, -0.2) is 0 Å². The number of benzene rings is 1. The van der Waals surface area contributed by atoms with Crippen molar-refractivity contribution < 1.29 is 9.53 Å². The van der Waals surface area contributed by atoms with Crippen molar-refractivity contribution in [2.24, 2.45) is 5.73 Å². The number of nitrogens with zero attached hydrogens (tertiary/aromatic N) is 1. The SMILES string of the molecule is C=CCn1c(C)c(C(N)=O)c(-c2ccccc2OC)c1CCC. The number of nitrogens with two attached hydrogens (primary N) is 1. The van der Waals surface area contributed by atoms with Gasteiger partial charge in [0.2, 0.25) is 0 Å². The molecule has 4 nitrogen and oxygen atoms in total. The minimum absolute atomic E-state index is 0.413. The lowest BCUT2D eigenvalue weighted by atomic mass is 9.97. The van der Waals surface area contributed by atoms with Gasteiger partial charge in [-0.2, -0.15) is 0 Å². The summed E-state index contributed by atoms with van der Waals surface area (Å²) in [6.45, 7) is 8.53. The molecule has 1 aromatic carbocycles. The number of hydrogen-bond acceptors (Lipinski definition) is 2. The van der Waals surface area contributed by atoms with Crippen molar-refractivity contribution in [3.63, 3.8) is 0 Å². The summed E-state index contributed by atoms with van der Waals surface area (Å²) < 4.78 is 7.62. The average molecular weight is 312 g/mol. The van der Waals surface area contributed by atoms with Crippen LogP contribution in [0.5, 0.6) is 5.75 Å². The Hall–Kier alpha value is -2.49. The first kappa shape index (κ1) is 16.9. The van der Waals surface area contributed by atoms with E-state index in [4.69, 9.17) is 10.5 Å². The summed E-state index contributed by atoms with van der Waals surface area (Å²) in [5.74, 6) is 0.326. The van der Waals surface area contributed by atoms with Crippen LogP contribution in [0.3, 0.4) is 0 Å². The summed E-state index contributed by atoms with van der Waals surface area (Å²) in [6.07, 6.45) is 3.67. The number of ether oxygens (including phenoxy) is 1. The highest BCUT2D eigenvalue weighted by Gasteiger charge is 2.25. The quantitative estimate of drug-likeness (QED) is 0.792. The molecule has 2 rings (SSSR count). The molecule has 0 atom stereocenters. The van der Waals surface area contributed by atoms with Crippen LogP contribution in [0.15, 0.2) is 36.9 Å². The molecule has 1 aromatic heterocycles. The van der Waals surface area contributed by atoms with Crippen molar-refractivity contribution in [1.82, 2.24) is 4.57 Å². The monoisotopic (exact) mass is 312 g/mol. The van der Waals surface area contributed by atoms with E-state index in [1.165, 1.54) is 0 Å². The molecule has 4 heteroatoms. The lowest BCUT2D eigenvalue weighted by Gasteiger charge is -2.13. The van der Waals surface area contributed by atoms with Crippen LogP contribution >= 0.6 is 0 Å². The van der Waals surface area contributed by atoms with E-state index >= 15 is 0 Å². The molecule has 2 N–H and O–H groups in total. The lowest BCUT2D eigenvalue weighted by Crippen LogP contribution is -2.13. The third-order valence-electron chi connectivity index (χ3n) is 4.05. The highest BCUT2D eigenvalue weighted by molar-refractivity contribution is 6.03. The molecular formula is C19H24N2O2. The van der Waals surface area contributed by atoms with Crippen LogP contribution in [0.4, 0.5) is 0 Å². The number of allylic oxidation sites excluding steroid dienone is 1. The highest BCUT2D eigenvalue weighted by atomic mass is 16.5. The maximum Gasteiger partial charge on any atom is 0.251 e. The fourth-order valence-corrected chi connectivity index (χ4v) is 3.11. The lowest BCUT2D eigenvalue weighted by molar-refractivity contribution is 0.1000. The van der Waals surface area contributed by atoms with Gasteiger partial charge in [0.25, 0.3) is 5.91 Å². The second kappa shape index (κ2) is 7.18. The molecule has 0 aliphatic rings. The predicted octanol–water partition coefficient (Wildman–Crippen LogP) is 3.71. The third kappa shape index (κ3) is 3.02. The normalized spacial score (nSPS) is 10.6. The Bertz CT molecular complexity index is 729. The zero-order valence-electron chi connectivity index (χ0n) is 14.1. The fourth-order valence-electron chi connectivity index (χ4n) is 3.11. The van der Waals surface area contributed by atoms with E-state index in [9.17, 15) is 4.79 Å². The summed E-state index contributed by atoms with van der Waals surface area (Å²) in [4.78, 5) is 12.1. The topological polar surface area (TPSA) is 57.2 Å². The average Bonchev–Trinajstić information content (AvgIpc) is 2.81. The first-order valence-electron chi connectivity index (χ1n) is 7.82. The standard InChI is InChI=1S/C19H24N2O2/c1-5-9-15-18(14-10-7-8-11-16(14)23-4)17(19(20)22)13(3)21(15)12-6-2/h6-8,10-11H,2,5,9,12H2,1,3-4H3,(H2,20,22). The largest absolute Gasteiger partial charge is 0.496 e. The molecule has 0 fully saturated rings. The first-order chi connectivity index (χ1) is 11.1. The number of carbonyl (C=O) groups excluding carboxylic acids is 1. The number of aromatic nitrogens is 1. The minimum Gasteiger partial charge on any atom is -0.496 e. The molecule has 0 bridgehead atoms. The number of carbonyl (C=O) groups is 1. The Morgan fingerprint density at radius 3 is 2.65 bits per heavy atom. The summed E-state index contributed by atoms with van der Waals surface area (Å²) in [5.41, 5.74) is 10.0. The number of methoxy groups -OCH3 is 1. The Labute approximate surface area is 137 Å². The highest BCUT2D eigenvalue weighted by Crippen LogP contribution is 2.38. The van der Waals surface area contributed by atoms with E-state index in [1.54, 1.807) is 7.11 Å². The van der Waals surface area contributed by atoms with Gasteiger partial charge in [0.05, 0.1) is 12.7 Å². The molecule has 0 radical (unpaired) electrons. The first-order valence-corrected chi connectivity index (χ1v) is 7.82. The summed E-state index contributed by atoms with van der Waals surface area (Å²) in [7, 11) is 1.63. The van der Waals surface area contributed by atoms with Gasteiger partial charge in [-0.3, -0.25) is 4.79 Å². The van der Waals surface area contributed by atoms with Crippen LogP contribution in [0.25, 0.3) is 11.1 Å². The van der Waals surface area contributed by atoms with E-state index < -0.39 is 5.91 Å². The van der Waals surface area contributed by atoms with Crippen molar-refractivity contribution in [3.8, 4) is 16.9 Å². The Balaban J connectivity index is 2.86. The molecule has 1 heterocycles. The fraction of sp³-hybridized carbons (Fsp3) is 0.316. The Morgan fingerprint density at radius 1 is 1.39 bits per heavy atom. The molecule has 0 unspecified atom stereocenters. The molecule has 0 spiro atoms. The second-order valence-electron chi connectivity index (χ2n) is 5.50. The van der Waals surface area contributed by atoms with Gasteiger partial charge in [-0.1, -0.05) is 37.6 Å². The van der Waals surface area contributed by atoms with Crippen molar-refractivity contribution in [3.05, 3.63) is 53.9 Å². The van der Waals surface area contributed by atoms with Gasteiger partial charge in [0.15, 0.2) is 0 Å². The molecule has 2 aromatic rings. The molecular weight excluding hydrogens is 288 g/mol. The minimum atomic E-state index is -0.413. The second-order valence-corrected chi connectivity index (χ2v) is 5.50. The van der Waals surface area contributed by atoms with Crippen LogP contribution < -0.4 is 10.5 Å². The number of primary amides is 1. The number of amides is 1. The summed E-state index contributed by atoms with van der Waals surface area (Å²) in [6, 6.07) is 7.73. The van der Waals surface area contributed by atoms with Gasteiger partial charge in [-0.15, -0.1) is 6.58 Å². The Kier molecular flexibility index (Phi) is 5.27. The van der Waals surface area contributed by atoms with Gasteiger partial charge in [-0.05, 0) is 19.4 Å². The molecule has 23 heavy (non-hydrogen) atoms. The van der Waals surface area contributed by atoms with Gasteiger partial charge in [0, 0.05) is 29.1 Å². The van der Waals surface area contributed by atoms with Crippen LogP contribution in [0.2, 0.25) is 0 Å². The third-order valence-corrected chi connectivity index (χ3v) is 4.05. The van der Waals surface area contributed by atoms with E-state index in [1.807, 2.05) is 37.3 Å². The maximum atomic E-state index is 12.1. The molecule has 122 valence electrons. The van der Waals surface area contributed by atoms with E-state index in [2.05, 4.69) is 18.1 Å². The summed E-state index contributed by atoms with van der Waals surface area (Å²) in [5, 5.41) is 0. The summed E-state index contributed by atoms with van der Waals surface area (Å²) >= 11 is 0. The Morgan fingerprint density at radius 2 is 2.09 bits per heavy atom. The zero-order valence-corrected chi connectivity index (χ0v) is 14.1. The molecule has 0 aliphatic heterocycles. The van der Waals surface area contributed by atoms with Crippen LogP contribution in [0.1, 0.15) is 35.1 Å². The van der Waals surface area contributed by atoms with Crippen LogP contribution in [0, 0.1) is 6.92 Å². The van der Waals surface area contributed by atoms with E-state index in [0.29, 0.717) is 12.1 Å².